The van der Waals surface area contributed by atoms with Gasteiger partial charge in [0.15, 0.2) is 0 Å². The Morgan fingerprint density at radius 1 is 1.31 bits per heavy atom. The molecule has 1 aliphatic rings. The Kier molecular flexibility index (Phi) is 5.77. The van der Waals surface area contributed by atoms with Gasteiger partial charge in [-0.1, -0.05) is 5.16 Å². The first-order valence-corrected chi connectivity index (χ1v) is 8.51. The van der Waals surface area contributed by atoms with E-state index >= 15 is 0 Å². The first kappa shape index (κ1) is 18.7. The first-order valence-electron chi connectivity index (χ1n) is 8.51. The standard InChI is InChI=1S/C17H20F3N3O3/c18-17(19,20)12-10-11(5-6-14(12)25-9-2-1-8-24)15-22-16(26-23-15)13-4-3-7-21-13/h5-6,10,13,21,24H,1-4,7-9H2/t13-/m0/s1. The quantitative estimate of drug-likeness (QED) is 0.727. The number of alkyl halides is 3. The second kappa shape index (κ2) is 8.05. The highest BCUT2D eigenvalue weighted by molar-refractivity contribution is 5.59. The highest BCUT2D eigenvalue weighted by atomic mass is 19.4. The molecule has 1 saturated heterocycles. The summed E-state index contributed by atoms with van der Waals surface area (Å²) in [6, 6.07) is 3.67. The normalized spacial score (nSPS) is 17.6. The molecule has 0 amide bonds. The van der Waals surface area contributed by atoms with Crippen molar-refractivity contribution in [1.29, 1.82) is 0 Å². The summed E-state index contributed by atoms with van der Waals surface area (Å²) in [5.74, 6) is 0.252. The van der Waals surface area contributed by atoms with Crippen LogP contribution < -0.4 is 10.1 Å². The number of ether oxygens (including phenoxy) is 1. The molecule has 0 aliphatic carbocycles. The lowest BCUT2D eigenvalue weighted by atomic mass is 10.1. The molecule has 0 spiro atoms. The molecule has 0 saturated carbocycles. The van der Waals surface area contributed by atoms with Crippen molar-refractivity contribution < 1.29 is 27.5 Å². The van der Waals surface area contributed by atoms with Crippen molar-refractivity contribution in [3.63, 3.8) is 0 Å². The van der Waals surface area contributed by atoms with Crippen LogP contribution in [-0.4, -0.2) is 35.0 Å². The van der Waals surface area contributed by atoms with Crippen molar-refractivity contribution in [2.75, 3.05) is 19.8 Å². The molecule has 9 heteroatoms. The van der Waals surface area contributed by atoms with Gasteiger partial charge in [0.05, 0.1) is 18.2 Å². The van der Waals surface area contributed by atoms with Crippen molar-refractivity contribution in [2.45, 2.75) is 37.9 Å². The molecule has 0 radical (unpaired) electrons. The molecule has 0 bridgehead atoms. The van der Waals surface area contributed by atoms with Crippen LogP contribution in [0.25, 0.3) is 11.4 Å². The van der Waals surface area contributed by atoms with E-state index in [0.29, 0.717) is 18.7 Å². The Morgan fingerprint density at radius 3 is 2.85 bits per heavy atom. The van der Waals surface area contributed by atoms with Crippen LogP contribution >= 0.6 is 0 Å². The zero-order valence-corrected chi connectivity index (χ0v) is 14.1. The second-order valence-electron chi connectivity index (χ2n) is 6.09. The molecule has 1 fully saturated rings. The van der Waals surface area contributed by atoms with Crippen LogP contribution in [0.5, 0.6) is 5.75 Å². The average Bonchev–Trinajstić information content (AvgIpc) is 3.29. The molecular weight excluding hydrogens is 351 g/mol. The van der Waals surface area contributed by atoms with Gasteiger partial charge in [0.25, 0.3) is 0 Å². The summed E-state index contributed by atoms with van der Waals surface area (Å²) in [6.07, 6.45) is -1.78. The number of nitrogens with zero attached hydrogens (tertiary/aromatic N) is 2. The number of hydrogen-bond acceptors (Lipinski definition) is 6. The van der Waals surface area contributed by atoms with Crippen LogP contribution in [0.1, 0.15) is 43.2 Å². The van der Waals surface area contributed by atoms with Crippen LogP contribution in [0.4, 0.5) is 13.2 Å². The van der Waals surface area contributed by atoms with Crippen molar-refractivity contribution in [3.05, 3.63) is 29.7 Å². The van der Waals surface area contributed by atoms with E-state index < -0.39 is 11.7 Å². The predicted octanol–water partition coefficient (Wildman–Crippen LogP) is 3.33. The Labute approximate surface area is 148 Å². The minimum Gasteiger partial charge on any atom is -0.493 e. The van der Waals surface area contributed by atoms with E-state index in [1.807, 2.05) is 0 Å². The molecule has 2 aromatic rings. The topological polar surface area (TPSA) is 80.4 Å². The third kappa shape index (κ3) is 4.34. The van der Waals surface area contributed by atoms with Gasteiger partial charge in [0, 0.05) is 12.2 Å². The van der Waals surface area contributed by atoms with Gasteiger partial charge in [-0.2, -0.15) is 18.2 Å². The minimum atomic E-state index is -4.57. The maximum absolute atomic E-state index is 13.4. The number of benzene rings is 1. The zero-order chi connectivity index (χ0) is 18.6. The number of aliphatic hydroxyl groups is 1. The lowest BCUT2D eigenvalue weighted by molar-refractivity contribution is -0.138. The second-order valence-corrected chi connectivity index (χ2v) is 6.09. The number of aromatic nitrogens is 2. The van der Waals surface area contributed by atoms with E-state index in [9.17, 15) is 13.2 Å². The molecule has 6 nitrogen and oxygen atoms in total. The number of nitrogens with one attached hydrogen (secondary N) is 1. The van der Waals surface area contributed by atoms with Gasteiger partial charge in [0.2, 0.25) is 11.7 Å². The molecular formula is C17H20F3N3O3. The molecule has 1 aromatic carbocycles. The molecule has 1 atom stereocenters. The molecule has 0 unspecified atom stereocenters. The number of aliphatic hydroxyl groups excluding tert-OH is 1. The lowest BCUT2D eigenvalue weighted by Gasteiger charge is -2.14. The number of hydrogen-bond donors (Lipinski definition) is 2. The van der Waals surface area contributed by atoms with Gasteiger partial charge in [-0.05, 0) is 50.4 Å². The van der Waals surface area contributed by atoms with E-state index in [-0.39, 0.29) is 36.4 Å². The fourth-order valence-electron chi connectivity index (χ4n) is 2.80. The van der Waals surface area contributed by atoms with Crippen molar-refractivity contribution in [2.24, 2.45) is 0 Å². The van der Waals surface area contributed by atoms with Gasteiger partial charge in [-0.3, -0.25) is 0 Å². The average molecular weight is 371 g/mol. The summed E-state index contributed by atoms with van der Waals surface area (Å²) in [7, 11) is 0. The fourth-order valence-corrected chi connectivity index (χ4v) is 2.80. The fraction of sp³-hybridized carbons (Fsp3) is 0.529. The maximum Gasteiger partial charge on any atom is 0.419 e. The first-order chi connectivity index (χ1) is 12.5. The summed E-state index contributed by atoms with van der Waals surface area (Å²) in [5, 5.41) is 15.7. The van der Waals surface area contributed by atoms with Crippen LogP contribution in [0.3, 0.4) is 0 Å². The Morgan fingerprint density at radius 2 is 2.15 bits per heavy atom. The van der Waals surface area contributed by atoms with Crippen molar-refractivity contribution in [3.8, 4) is 17.1 Å². The zero-order valence-electron chi connectivity index (χ0n) is 14.1. The Bertz CT molecular complexity index is 728. The van der Waals surface area contributed by atoms with Crippen LogP contribution in [0.2, 0.25) is 0 Å². The van der Waals surface area contributed by atoms with Crippen LogP contribution in [-0.2, 0) is 6.18 Å². The summed E-state index contributed by atoms with van der Waals surface area (Å²) in [4.78, 5) is 4.23. The van der Waals surface area contributed by atoms with Gasteiger partial charge < -0.3 is 19.7 Å². The highest BCUT2D eigenvalue weighted by Gasteiger charge is 2.35. The Balaban J connectivity index is 1.82. The van der Waals surface area contributed by atoms with E-state index in [1.165, 1.54) is 12.1 Å². The Hall–Kier alpha value is -2.13. The molecule has 1 aliphatic heterocycles. The van der Waals surface area contributed by atoms with Gasteiger partial charge in [0.1, 0.15) is 5.75 Å². The molecule has 2 N–H and O–H groups in total. The molecule has 3 rings (SSSR count). The SMILES string of the molecule is OCCCCOc1ccc(-c2noc([C@@H]3CCCN3)n2)cc1C(F)(F)F. The largest absolute Gasteiger partial charge is 0.493 e. The van der Waals surface area contributed by atoms with E-state index in [4.69, 9.17) is 14.4 Å². The van der Waals surface area contributed by atoms with E-state index in [1.54, 1.807) is 0 Å². The van der Waals surface area contributed by atoms with Crippen molar-refractivity contribution in [1.82, 2.24) is 15.5 Å². The summed E-state index contributed by atoms with van der Waals surface area (Å²) >= 11 is 0. The molecule has 2 heterocycles. The smallest absolute Gasteiger partial charge is 0.419 e. The van der Waals surface area contributed by atoms with Gasteiger partial charge in [-0.25, -0.2) is 0 Å². The van der Waals surface area contributed by atoms with Gasteiger partial charge >= 0.3 is 6.18 Å². The highest BCUT2D eigenvalue weighted by Crippen LogP contribution is 2.38. The maximum atomic E-state index is 13.4. The number of halogens is 3. The van der Waals surface area contributed by atoms with Crippen molar-refractivity contribution >= 4 is 0 Å². The van der Waals surface area contributed by atoms with Crippen LogP contribution in [0, 0.1) is 0 Å². The van der Waals surface area contributed by atoms with E-state index in [2.05, 4.69) is 15.5 Å². The third-order valence-corrected chi connectivity index (χ3v) is 4.15. The summed E-state index contributed by atoms with van der Waals surface area (Å²) in [5.41, 5.74) is -0.669. The minimum absolute atomic E-state index is 0.0234. The van der Waals surface area contributed by atoms with E-state index in [0.717, 1.165) is 25.5 Å². The summed E-state index contributed by atoms with van der Waals surface area (Å²) in [6.45, 7) is 0.927. The lowest BCUT2D eigenvalue weighted by Crippen LogP contribution is -2.13. The van der Waals surface area contributed by atoms with Gasteiger partial charge in [-0.15, -0.1) is 0 Å². The molecule has 26 heavy (non-hydrogen) atoms. The number of rotatable bonds is 7. The molecule has 142 valence electrons. The molecule has 1 aromatic heterocycles. The third-order valence-electron chi connectivity index (χ3n) is 4.15. The summed E-state index contributed by atoms with van der Waals surface area (Å²) < 4.78 is 50.6. The number of unbranched alkanes of at least 4 members (excludes halogenated alkanes) is 1. The monoisotopic (exact) mass is 371 g/mol. The predicted molar refractivity (Wildman–Crippen MR) is 86.5 cm³/mol. The van der Waals surface area contributed by atoms with Crippen LogP contribution in [0.15, 0.2) is 22.7 Å².